The van der Waals surface area contributed by atoms with Crippen molar-refractivity contribution in [1.29, 1.82) is 0 Å². The summed E-state index contributed by atoms with van der Waals surface area (Å²) in [5.41, 5.74) is 3.31. The summed E-state index contributed by atoms with van der Waals surface area (Å²) < 4.78 is 0. The van der Waals surface area contributed by atoms with Crippen molar-refractivity contribution >= 4 is 34.4 Å². The zero-order valence-corrected chi connectivity index (χ0v) is 14.8. The van der Waals surface area contributed by atoms with Crippen LogP contribution in [-0.4, -0.2) is 41.1 Å². The Labute approximate surface area is 152 Å². The highest BCUT2D eigenvalue weighted by molar-refractivity contribution is 7.80. The summed E-state index contributed by atoms with van der Waals surface area (Å²) in [7, 11) is 0. The summed E-state index contributed by atoms with van der Waals surface area (Å²) in [4.78, 5) is 14.7. The normalized spacial score (nSPS) is 14.3. The predicted octanol–water partition coefficient (Wildman–Crippen LogP) is 3.42. The Morgan fingerprint density at radius 2 is 1.80 bits per heavy atom. The first-order chi connectivity index (χ1) is 12.0. The second-order valence-electron chi connectivity index (χ2n) is 6.05. The van der Waals surface area contributed by atoms with E-state index in [4.69, 9.17) is 12.2 Å². The molecule has 130 valence electrons. The Kier molecular flexibility index (Phi) is 5.14. The third-order valence-corrected chi connectivity index (χ3v) is 4.62. The molecule has 2 aromatic rings. The lowest BCUT2D eigenvalue weighted by Gasteiger charge is -2.37. The molecule has 0 aromatic heterocycles. The topological polar surface area (TPSA) is 61.6 Å². The van der Waals surface area contributed by atoms with Crippen molar-refractivity contribution in [3.63, 3.8) is 0 Å². The van der Waals surface area contributed by atoms with Crippen molar-refractivity contribution in [2.45, 2.75) is 6.92 Å². The van der Waals surface area contributed by atoms with Crippen molar-refractivity contribution in [1.82, 2.24) is 4.90 Å². The number of nitrogens with zero attached hydrogens (tertiary/aromatic N) is 3. The smallest absolute Gasteiger partial charge is 0.269 e. The van der Waals surface area contributed by atoms with Crippen LogP contribution < -0.4 is 10.2 Å². The second-order valence-corrected chi connectivity index (χ2v) is 6.43. The number of nitro benzene ring substituents is 1. The van der Waals surface area contributed by atoms with E-state index in [0.29, 0.717) is 0 Å². The number of hydrogen-bond donors (Lipinski definition) is 1. The van der Waals surface area contributed by atoms with Gasteiger partial charge in [-0.1, -0.05) is 12.1 Å². The van der Waals surface area contributed by atoms with Gasteiger partial charge in [0.05, 0.1) is 4.92 Å². The monoisotopic (exact) mass is 356 g/mol. The molecule has 0 aliphatic carbocycles. The van der Waals surface area contributed by atoms with Gasteiger partial charge in [0.25, 0.3) is 5.69 Å². The fraction of sp³-hybridized carbons (Fsp3) is 0.278. The van der Waals surface area contributed by atoms with Crippen LogP contribution in [-0.2, 0) is 0 Å². The Hall–Kier alpha value is -2.67. The van der Waals surface area contributed by atoms with Crippen LogP contribution in [0, 0.1) is 17.0 Å². The van der Waals surface area contributed by atoms with E-state index in [9.17, 15) is 10.1 Å². The van der Waals surface area contributed by atoms with Crippen LogP contribution in [0.5, 0.6) is 0 Å². The Bertz CT molecular complexity index is 771. The summed E-state index contributed by atoms with van der Waals surface area (Å²) in [6.07, 6.45) is 0. The van der Waals surface area contributed by atoms with Gasteiger partial charge in [0.15, 0.2) is 5.11 Å². The summed E-state index contributed by atoms with van der Waals surface area (Å²) in [6, 6.07) is 14.8. The molecular weight excluding hydrogens is 336 g/mol. The molecule has 0 bridgehead atoms. The first-order valence-corrected chi connectivity index (χ1v) is 8.56. The van der Waals surface area contributed by atoms with E-state index >= 15 is 0 Å². The number of non-ortho nitro benzene ring substituents is 1. The van der Waals surface area contributed by atoms with Gasteiger partial charge in [-0.25, -0.2) is 0 Å². The van der Waals surface area contributed by atoms with Crippen LogP contribution in [0.25, 0.3) is 0 Å². The molecule has 1 aliphatic rings. The molecule has 1 N–H and O–H groups in total. The molecule has 25 heavy (non-hydrogen) atoms. The molecule has 0 unspecified atom stereocenters. The van der Waals surface area contributed by atoms with Crippen LogP contribution in [0.2, 0.25) is 0 Å². The van der Waals surface area contributed by atoms with Gasteiger partial charge in [-0.05, 0) is 49.0 Å². The average Bonchev–Trinajstić information content (AvgIpc) is 2.62. The summed E-state index contributed by atoms with van der Waals surface area (Å²) in [5.74, 6) is 0. The van der Waals surface area contributed by atoms with Crippen molar-refractivity contribution < 1.29 is 4.92 Å². The Morgan fingerprint density at radius 1 is 1.12 bits per heavy atom. The minimum Gasteiger partial charge on any atom is -0.368 e. The van der Waals surface area contributed by atoms with Crippen LogP contribution in [0.1, 0.15) is 5.56 Å². The van der Waals surface area contributed by atoms with Crippen LogP contribution in [0.3, 0.4) is 0 Å². The van der Waals surface area contributed by atoms with Gasteiger partial charge in [-0.15, -0.1) is 0 Å². The zero-order valence-electron chi connectivity index (χ0n) is 14.0. The number of hydrogen-bond acceptors (Lipinski definition) is 4. The molecule has 0 atom stereocenters. The Morgan fingerprint density at radius 3 is 2.40 bits per heavy atom. The van der Waals surface area contributed by atoms with Crippen LogP contribution >= 0.6 is 12.2 Å². The second kappa shape index (κ2) is 7.48. The predicted molar refractivity (Wildman–Crippen MR) is 104 cm³/mol. The van der Waals surface area contributed by atoms with Gasteiger partial charge in [0, 0.05) is 49.7 Å². The van der Waals surface area contributed by atoms with Crippen molar-refractivity contribution in [2.75, 3.05) is 36.4 Å². The number of anilines is 2. The molecule has 0 saturated carbocycles. The largest absolute Gasteiger partial charge is 0.368 e. The van der Waals surface area contributed by atoms with E-state index < -0.39 is 0 Å². The molecule has 7 heteroatoms. The standard InChI is InChI=1S/C18H20N4O2S/c1-14-3-2-4-15(13-14)19-18(25)21-11-9-20(10-12-21)16-5-7-17(8-6-16)22(23)24/h2-8,13H,9-12H2,1H3,(H,19,25). The highest BCUT2D eigenvalue weighted by Crippen LogP contribution is 2.21. The summed E-state index contributed by atoms with van der Waals surface area (Å²) in [5, 5.41) is 14.8. The number of rotatable bonds is 3. The molecule has 0 spiro atoms. The zero-order chi connectivity index (χ0) is 17.8. The molecule has 0 amide bonds. The molecule has 1 fully saturated rings. The lowest BCUT2D eigenvalue weighted by atomic mass is 10.2. The Balaban J connectivity index is 1.56. The molecule has 6 nitrogen and oxygen atoms in total. The average molecular weight is 356 g/mol. The minimum absolute atomic E-state index is 0.117. The van der Waals surface area contributed by atoms with Gasteiger partial charge >= 0.3 is 0 Å². The highest BCUT2D eigenvalue weighted by atomic mass is 32.1. The maximum Gasteiger partial charge on any atom is 0.269 e. The summed E-state index contributed by atoms with van der Waals surface area (Å²) >= 11 is 5.52. The molecule has 0 radical (unpaired) electrons. The molecule has 2 aromatic carbocycles. The summed E-state index contributed by atoms with van der Waals surface area (Å²) in [6.45, 7) is 5.33. The quantitative estimate of drug-likeness (QED) is 0.516. The third-order valence-electron chi connectivity index (χ3n) is 4.26. The van der Waals surface area contributed by atoms with E-state index in [-0.39, 0.29) is 10.6 Å². The number of nitro groups is 1. The first kappa shape index (κ1) is 17.2. The molecule has 1 saturated heterocycles. The van der Waals surface area contributed by atoms with Gasteiger partial charge in [-0.3, -0.25) is 10.1 Å². The van der Waals surface area contributed by atoms with E-state index in [1.165, 1.54) is 5.56 Å². The van der Waals surface area contributed by atoms with Gasteiger partial charge in [0.2, 0.25) is 0 Å². The molecular formula is C18H20N4O2S. The van der Waals surface area contributed by atoms with E-state index in [1.807, 2.05) is 12.1 Å². The third kappa shape index (κ3) is 4.24. The number of piperazine rings is 1. The molecule has 1 aliphatic heterocycles. The number of thiocarbonyl (C=S) groups is 1. The van der Waals surface area contributed by atoms with Gasteiger partial charge < -0.3 is 15.1 Å². The van der Waals surface area contributed by atoms with E-state index in [1.54, 1.807) is 24.3 Å². The molecule has 1 heterocycles. The fourth-order valence-corrected chi connectivity index (χ4v) is 3.18. The van der Waals surface area contributed by atoms with Gasteiger partial charge in [-0.2, -0.15) is 0 Å². The van der Waals surface area contributed by atoms with Crippen molar-refractivity contribution in [3.8, 4) is 0 Å². The molecule has 3 rings (SSSR count). The number of nitrogens with one attached hydrogen (secondary N) is 1. The van der Waals surface area contributed by atoms with Crippen LogP contribution in [0.4, 0.5) is 17.1 Å². The maximum absolute atomic E-state index is 10.7. The highest BCUT2D eigenvalue weighted by Gasteiger charge is 2.19. The first-order valence-electron chi connectivity index (χ1n) is 8.15. The SMILES string of the molecule is Cc1cccc(NC(=S)N2CCN(c3ccc([N+](=O)[O-])cc3)CC2)c1. The van der Waals surface area contributed by atoms with Crippen molar-refractivity contribution in [2.24, 2.45) is 0 Å². The van der Waals surface area contributed by atoms with E-state index in [2.05, 4.69) is 34.2 Å². The maximum atomic E-state index is 10.7. The number of benzene rings is 2. The number of aryl methyl sites for hydroxylation is 1. The lowest BCUT2D eigenvalue weighted by molar-refractivity contribution is -0.384. The lowest BCUT2D eigenvalue weighted by Crippen LogP contribution is -2.50. The minimum atomic E-state index is -0.378. The van der Waals surface area contributed by atoms with Crippen LogP contribution in [0.15, 0.2) is 48.5 Å². The fourth-order valence-electron chi connectivity index (χ4n) is 2.88. The van der Waals surface area contributed by atoms with Gasteiger partial charge in [0.1, 0.15) is 0 Å². The van der Waals surface area contributed by atoms with Crippen molar-refractivity contribution in [3.05, 3.63) is 64.2 Å². The van der Waals surface area contributed by atoms with E-state index in [0.717, 1.165) is 42.7 Å².